The average molecular weight is 252 g/mol. The molecule has 0 radical (unpaired) electrons. The maximum absolute atomic E-state index is 5.87. The van der Waals surface area contributed by atoms with E-state index in [-0.39, 0.29) is 0 Å². The summed E-state index contributed by atoms with van der Waals surface area (Å²) < 4.78 is 5.87. The van der Waals surface area contributed by atoms with Crippen LogP contribution in [0.15, 0.2) is 46.9 Å². The van der Waals surface area contributed by atoms with Crippen molar-refractivity contribution in [2.75, 3.05) is 0 Å². The van der Waals surface area contributed by atoms with E-state index in [2.05, 4.69) is 44.2 Å². The van der Waals surface area contributed by atoms with Crippen LogP contribution in [0, 0.1) is 0 Å². The second-order valence-electron chi connectivity index (χ2n) is 5.40. The Balaban J connectivity index is 2.06. The molecule has 0 aliphatic rings. The Morgan fingerprint density at radius 3 is 2.63 bits per heavy atom. The van der Waals surface area contributed by atoms with Crippen molar-refractivity contribution >= 4 is 21.9 Å². The summed E-state index contributed by atoms with van der Waals surface area (Å²) in [4.78, 5) is 0. The smallest absolute Gasteiger partial charge is 0.135 e. The van der Waals surface area contributed by atoms with Crippen molar-refractivity contribution in [2.45, 2.75) is 39.0 Å². The number of unbranched alkanes of at least 4 members (excludes halogenated alkanes) is 1. The number of hydrogen-bond donors (Lipinski definition) is 0. The monoisotopic (exact) mass is 252 g/mol. The molecule has 3 rings (SSSR count). The third-order valence-electron chi connectivity index (χ3n) is 3.96. The molecule has 0 bridgehead atoms. The number of hydrogen-bond acceptors (Lipinski definition) is 1. The van der Waals surface area contributed by atoms with Crippen molar-refractivity contribution in [3.05, 3.63) is 48.0 Å². The Morgan fingerprint density at radius 2 is 1.79 bits per heavy atom. The van der Waals surface area contributed by atoms with E-state index in [4.69, 9.17) is 4.42 Å². The van der Waals surface area contributed by atoms with Crippen LogP contribution in [-0.4, -0.2) is 0 Å². The highest BCUT2D eigenvalue weighted by Crippen LogP contribution is 2.32. The van der Waals surface area contributed by atoms with Gasteiger partial charge in [0, 0.05) is 10.8 Å². The number of benzene rings is 2. The minimum Gasteiger partial charge on any atom is -0.456 e. The lowest BCUT2D eigenvalue weighted by Gasteiger charge is -2.10. The van der Waals surface area contributed by atoms with Gasteiger partial charge < -0.3 is 4.42 Å². The van der Waals surface area contributed by atoms with Crippen LogP contribution in [0.25, 0.3) is 21.9 Å². The zero-order valence-corrected chi connectivity index (χ0v) is 11.6. The molecular formula is C18H20O. The third kappa shape index (κ3) is 2.25. The molecule has 1 heterocycles. The zero-order chi connectivity index (χ0) is 13.2. The van der Waals surface area contributed by atoms with Crippen LogP contribution in [0.1, 0.15) is 44.6 Å². The number of furan rings is 1. The van der Waals surface area contributed by atoms with Crippen LogP contribution in [-0.2, 0) is 0 Å². The molecule has 2 aromatic carbocycles. The van der Waals surface area contributed by atoms with Gasteiger partial charge >= 0.3 is 0 Å². The molecule has 1 atom stereocenters. The van der Waals surface area contributed by atoms with E-state index in [9.17, 15) is 0 Å². The van der Waals surface area contributed by atoms with Gasteiger partial charge in [0.15, 0.2) is 0 Å². The van der Waals surface area contributed by atoms with E-state index < -0.39 is 0 Å². The van der Waals surface area contributed by atoms with Crippen molar-refractivity contribution < 1.29 is 4.42 Å². The van der Waals surface area contributed by atoms with Crippen molar-refractivity contribution in [1.82, 2.24) is 0 Å². The van der Waals surface area contributed by atoms with E-state index in [1.807, 2.05) is 12.1 Å². The lowest BCUT2D eigenvalue weighted by molar-refractivity contribution is 0.624. The summed E-state index contributed by atoms with van der Waals surface area (Å²) >= 11 is 0. The van der Waals surface area contributed by atoms with E-state index in [0.717, 1.165) is 11.2 Å². The fourth-order valence-electron chi connectivity index (χ4n) is 2.73. The molecular weight excluding hydrogens is 232 g/mol. The van der Waals surface area contributed by atoms with Crippen molar-refractivity contribution in [2.24, 2.45) is 0 Å². The highest BCUT2D eigenvalue weighted by molar-refractivity contribution is 6.05. The van der Waals surface area contributed by atoms with E-state index in [1.54, 1.807) is 0 Å². The zero-order valence-electron chi connectivity index (χ0n) is 11.6. The molecule has 0 N–H and O–H groups in total. The molecule has 3 aromatic rings. The topological polar surface area (TPSA) is 13.1 Å². The van der Waals surface area contributed by atoms with Crippen LogP contribution in [0.3, 0.4) is 0 Å². The maximum Gasteiger partial charge on any atom is 0.135 e. The molecule has 0 aliphatic heterocycles. The van der Waals surface area contributed by atoms with Gasteiger partial charge in [0.1, 0.15) is 11.2 Å². The lowest BCUT2D eigenvalue weighted by atomic mass is 9.94. The highest BCUT2D eigenvalue weighted by Gasteiger charge is 2.10. The van der Waals surface area contributed by atoms with Crippen molar-refractivity contribution in [3.63, 3.8) is 0 Å². The minimum absolute atomic E-state index is 0.623. The first-order chi connectivity index (χ1) is 9.29. The van der Waals surface area contributed by atoms with Crippen LogP contribution in [0.4, 0.5) is 0 Å². The quantitative estimate of drug-likeness (QED) is 0.565. The molecule has 1 aromatic heterocycles. The second-order valence-corrected chi connectivity index (χ2v) is 5.40. The van der Waals surface area contributed by atoms with Gasteiger partial charge in [0.2, 0.25) is 0 Å². The first kappa shape index (κ1) is 12.3. The Morgan fingerprint density at radius 1 is 1.00 bits per heavy atom. The molecule has 0 aliphatic carbocycles. The van der Waals surface area contributed by atoms with E-state index >= 15 is 0 Å². The minimum atomic E-state index is 0.623. The van der Waals surface area contributed by atoms with Crippen LogP contribution in [0.2, 0.25) is 0 Å². The van der Waals surface area contributed by atoms with Gasteiger partial charge in [0.05, 0.1) is 0 Å². The predicted molar refractivity (Wildman–Crippen MR) is 81.7 cm³/mol. The van der Waals surface area contributed by atoms with Gasteiger partial charge in [-0.25, -0.2) is 0 Å². The first-order valence-corrected chi connectivity index (χ1v) is 7.21. The average Bonchev–Trinajstić information content (AvgIpc) is 2.82. The predicted octanol–water partition coefficient (Wildman–Crippen LogP) is 5.88. The van der Waals surface area contributed by atoms with Gasteiger partial charge in [-0.3, -0.25) is 0 Å². The second kappa shape index (κ2) is 5.08. The first-order valence-electron chi connectivity index (χ1n) is 7.21. The van der Waals surface area contributed by atoms with Crippen molar-refractivity contribution in [1.29, 1.82) is 0 Å². The normalized spacial score (nSPS) is 13.2. The maximum atomic E-state index is 5.87. The van der Waals surface area contributed by atoms with E-state index in [1.165, 1.54) is 35.6 Å². The largest absolute Gasteiger partial charge is 0.456 e. The summed E-state index contributed by atoms with van der Waals surface area (Å²) in [5.74, 6) is 0.623. The highest BCUT2D eigenvalue weighted by atomic mass is 16.3. The summed E-state index contributed by atoms with van der Waals surface area (Å²) in [6.45, 7) is 4.57. The van der Waals surface area contributed by atoms with Crippen LogP contribution in [0.5, 0.6) is 0 Å². The molecule has 19 heavy (non-hydrogen) atoms. The van der Waals surface area contributed by atoms with Gasteiger partial charge in [-0.1, -0.05) is 51.0 Å². The lowest BCUT2D eigenvalue weighted by Crippen LogP contribution is -1.92. The third-order valence-corrected chi connectivity index (χ3v) is 3.96. The molecule has 0 fully saturated rings. The summed E-state index contributed by atoms with van der Waals surface area (Å²) in [6, 6.07) is 14.9. The molecule has 0 amide bonds. The fourth-order valence-corrected chi connectivity index (χ4v) is 2.73. The fraction of sp³-hybridized carbons (Fsp3) is 0.333. The number of fused-ring (bicyclic) bond motifs is 3. The molecule has 0 unspecified atom stereocenters. The van der Waals surface area contributed by atoms with Crippen LogP contribution < -0.4 is 0 Å². The molecule has 1 nitrogen and oxygen atoms in total. The Hall–Kier alpha value is -1.76. The summed E-state index contributed by atoms with van der Waals surface area (Å²) in [7, 11) is 0. The van der Waals surface area contributed by atoms with Gasteiger partial charge in [-0.05, 0) is 36.1 Å². The van der Waals surface area contributed by atoms with Gasteiger partial charge in [0.25, 0.3) is 0 Å². The molecule has 0 saturated heterocycles. The van der Waals surface area contributed by atoms with Gasteiger partial charge in [-0.2, -0.15) is 0 Å². The SMILES string of the molecule is CCCC[C@H](C)c1ccc2oc3ccccc3c2c1. The Kier molecular flexibility index (Phi) is 3.29. The number of para-hydroxylation sites is 1. The molecule has 98 valence electrons. The standard InChI is InChI=1S/C18H20O/c1-3-4-7-13(2)14-10-11-18-16(12-14)15-8-5-6-9-17(15)19-18/h5-6,8-13H,3-4,7H2,1-2H3/t13-/m0/s1. The number of rotatable bonds is 4. The summed E-state index contributed by atoms with van der Waals surface area (Å²) in [6.07, 6.45) is 3.82. The van der Waals surface area contributed by atoms with Crippen molar-refractivity contribution in [3.8, 4) is 0 Å². The van der Waals surface area contributed by atoms with E-state index in [0.29, 0.717) is 5.92 Å². The van der Waals surface area contributed by atoms with Gasteiger partial charge in [-0.15, -0.1) is 0 Å². The molecule has 1 heteroatoms. The summed E-state index contributed by atoms with van der Waals surface area (Å²) in [5.41, 5.74) is 3.40. The molecule has 0 saturated carbocycles. The summed E-state index contributed by atoms with van der Waals surface area (Å²) in [5, 5.41) is 2.47. The Labute approximate surface area is 114 Å². The Bertz CT molecular complexity index is 693. The molecule has 0 spiro atoms. The van der Waals surface area contributed by atoms with Crippen LogP contribution >= 0.6 is 0 Å².